The lowest BCUT2D eigenvalue weighted by Crippen LogP contribution is -2.47. The minimum absolute atomic E-state index is 0.624. The number of aryl methyl sites for hydroxylation is 6. The van der Waals surface area contributed by atoms with Gasteiger partial charge in [-0.25, -0.2) is 0 Å². The standard InChI is InChI=1S/C40H39N2/c1-28-24-30(3)37(31(4)25-28)41-22-23-42(38-32(5)26-29(2)27-33(38)6)39(41)40(34-16-10-7-11-17-34,35-18-12-8-13-19-35)36-20-14-9-15-21-36/h7-27H,1-6H3/q+1. The first-order valence-electron chi connectivity index (χ1n) is 14.8. The minimum atomic E-state index is -0.624. The van der Waals surface area contributed by atoms with Gasteiger partial charge in [0.2, 0.25) is 0 Å². The molecule has 0 amide bonds. The van der Waals surface area contributed by atoms with E-state index in [2.05, 4.69) is 178 Å². The van der Waals surface area contributed by atoms with Gasteiger partial charge in [0.1, 0.15) is 29.2 Å². The highest BCUT2D eigenvalue weighted by atomic mass is 15.2. The van der Waals surface area contributed by atoms with Crippen LogP contribution in [0.15, 0.2) is 128 Å². The SMILES string of the molecule is Cc1cc(C)c(-n2cc[n+](-c3c(C)cc(C)cc3C)c2C(c2ccccc2)(c2ccccc2)c2ccccc2)c(C)c1. The van der Waals surface area contributed by atoms with E-state index < -0.39 is 5.41 Å². The Morgan fingerprint density at radius 2 is 0.881 bits per heavy atom. The second kappa shape index (κ2) is 10.9. The molecule has 42 heavy (non-hydrogen) atoms. The third kappa shape index (κ3) is 4.48. The molecular formula is C40H39N2+. The Labute approximate surface area is 250 Å². The van der Waals surface area contributed by atoms with Crippen LogP contribution in [0.4, 0.5) is 0 Å². The smallest absolute Gasteiger partial charge is 0.198 e. The van der Waals surface area contributed by atoms with Crippen molar-refractivity contribution in [1.82, 2.24) is 4.57 Å². The molecule has 0 radical (unpaired) electrons. The van der Waals surface area contributed by atoms with Crippen LogP contribution in [0.2, 0.25) is 0 Å². The number of nitrogens with zero attached hydrogens (tertiary/aromatic N) is 2. The van der Waals surface area contributed by atoms with Crippen LogP contribution in [0.25, 0.3) is 11.4 Å². The van der Waals surface area contributed by atoms with Gasteiger partial charge in [-0.2, -0.15) is 9.13 Å². The highest BCUT2D eigenvalue weighted by molar-refractivity contribution is 5.59. The van der Waals surface area contributed by atoms with Gasteiger partial charge in [0.05, 0.1) is 0 Å². The molecule has 0 atom stereocenters. The van der Waals surface area contributed by atoms with E-state index >= 15 is 0 Å². The summed E-state index contributed by atoms with van der Waals surface area (Å²) in [6.07, 6.45) is 4.53. The minimum Gasteiger partial charge on any atom is -0.198 e. The zero-order valence-electron chi connectivity index (χ0n) is 25.5. The molecule has 5 aromatic carbocycles. The molecule has 1 aromatic heterocycles. The molecule has 2 nitrogen and oxygen atoms in total. The van der Waals surface area contributed by atoms with Crippen molar-refractivity contribution in [1.29, 1.82) is 0 Å². The summed E-state index contributed by atoms with van der Waals surface area (Å²) in [6.45, 7) is 13.3. The van der Waals surface area contributed by atoms with Crippen molar-refractivity contribution in [2.45, 2.75) is 47.0 Å². The average Bonchev–Trinajstić information content (AvgIpc) is 3.38. The zero-order chi connectivity index (χ0) is 29.4. The first-order chi connectivity index (χ1) is 20.3. The van der Waals surface area contributed by atoms with Gasteiger partial charge in [-0.15, -0.1) is 0 Å². The molecular weight excluding hydrogens is 508 g/mol. The Hall–Kier alpha value is -4.69. The van der Waals surface area contributed by atoms with E-state index in [9.17, 15) is 0 Å². The number of benzene rings is 5. The lowest BCUT2D eigenvalue weighted by Gasteiger charge is -2.34. The molecule has 1 heterocycles. The second-order valence-corrected chi connectivity index (χ2v) is 11.7. The summed E-state index contributed by atoms with van der Waals surface area (Å²) in [6, 6.07) is 42.2. The summed E-state index contributed by atoms with van der Waals surface area (Å²) in [4.78, 5) is 0. The molecule has 0 aliphatic carbocycles. The number of hydrogen-bond donors (Lipinski definition) is 0. The Balaban J connectivity index is 1.88. The quantitative estimate of drug-likeness (QED) is 0.145. The molecule has 0 spiro atoms. The summed E-state index contributed by atoms with van der Waals surface area (Å²) in [5.41, 5.74) is 13.1. The third-order valence-electron chi connectivity index (χ3n) is 8.53. The number of rotatable bonds is 6. The van der Waals surface area contributed by atoms with Crippen LogP contribution in [0, 0.1) is 41.5 Å². The maximum Gasteiger partial charge on any atom is 0.286 e. The molecule has 0 saturated carbocycles. The molecule has 0 aliphatic rings. The van der Waals surface area contributed by atoms with Crippen LogP contribution in [0.1, 0.15) is 55.9 Å². The highest BCUT2D eigenvalue weighted by Crippen LogP contribution is 2.45. The Bertz CT molecular complexity index is 1640. The van der Waals surface area contributed by atoms with Gasteiger partial charge in [0.25, 0.3) is 5.82 Å². The second-order valence-electron chi connectivity index (χ2n) is 11.7. The molecule has 2 heteroatoms. The van der Waals surface area contributed by atoms with Gasteiger partial charge in [-0.1, -0.05) is 126 Å². The first kappa shape index (κ1) is 27.5. The number of imidazole rings is 1. The van der Waals surface area contributed by atoms with E-state index in [0.717, 1.165) is 0 Å². The highest BCUT2D eigenvalue weighted by Gasteiger charge is 2.49. The summed E-state index contributed by atoms with van der Waals surface area (Å²) in [7, 11) is 0. The van der Waals surface area contributed by atoms with Crippen LogP contribution < -0.4 is 4.57 Å². The maximum atomic E-state index is 2.45. The first-order valence-corrected chi connectivity index (χ1v) is 14.8. The van der Waals surface area contributed by atoms with Gasteiger partial charge in [0, 0.05) is 0 Å². The van der Waals surface area contributed by atoms with Crippen molar-refractivity contribution in [3.63, 3.8) is 0 Å². The third-order valence-corrected chi connectivity index (χ3v) is 8.53. The van der Waals surface area contributed by atoms with Crippen molar-refractivity contribution in [3.05, 3.63) is 184 Å². The molecule has 0 fully saturated rings. The molecule has 208 valence electrons. The van der Waals surface area contributed by atoms with E-state index in [1.807, 2.05) is 0 Å². The van der Waals surface area contributed by atoms with Crippen molar-refractivity contribution in [2.24, 2.45) is 0 Å². The summed E-state index contributed by atoms with van der Waals surface area (Å²) < 4.78 is 4.91. The van der Waals surface area contributed by atoms with E-state index in [1.54, 1.807) is 0 Å². The van der Waals surface area contributed by atoms with Crippen molar-refractivity contribution < 1.29 is 4.57 Å². The predicted octanol–water partition coefficient (Wildman–Crippen LogP) is 8.99. The molecule has 0 N–H and O–H groups in total. The van der Waals surface area contributed by atoms with E-state index in [4.69, 9.17) is 0 Å². The lowest BCUT2D eigenvalue weighted by molar-refractivity contribution is -0.607. The summed E-state index contributed by atoms with van der Waals surface area (Å²) >= 11 is 0. The monoisotopic (exact) mass is 547 g/mol. The van der Waals surface area contributed by atoms with Gasteiger partial charge in [-0.3, -0.25) is 0 Å². The maximum absolute atomic E-state index is 2.45. The summed E-state index contributed by atoms with van der Waals surface area (Å²) in [5, 5.41) is 0. The van der Waals surface area contributed by atoms with Crippen LogP contribution in [0.3, 0.4) is 0 Å². The van der Waals surface area contributed by atoms with E-state index in [1.165, 1.54) is 67.3 Å². The van der Waals surface area contributed by atoms with Crippen LogP contribution in [-0.4, -0.2) is 4.57 Å². The fourth-order valence-corrected chi connectivity index (χ4v) is 7.17. The molecule has 0 unspecified atom stereocenters. The molecule has 0 saturated heterocycles. The van der Waals surface area contributed by atoms with E-state index in [-0.39, 0.29) is 0 Å². The van der Waals surface area contributed by atoms with Crippen LogP contribution >= 0.6 is 0 Å². The van der Waals surface area contributed by atoms with Gasteiger partial charge in [-0.05, 0) is 80.5 Å². The molecule has 6 rings (SSSR count). The zero-order valence-corrected chi connectivity index (χ0v) is 25.5. The van der Waals surface area contributed by atoms with Crippen molar-refractivity contribution >= 4 is 0 Å². The van der Waals surface area contributed by atoms with Gasteiger partial charge in [0.15, 0.2) is 0 Å². The normalized spacial score (nSPS) is 11.6. The fraction of sp³-hybridized carbons (Fsp3) is 0.175. The Kier molecular flexibility index (Phi) is 7.16. The van der Waals surface area contributed by atoms with Crippen molar-refractivity contribution in [2.75, 3.05) is 0 Å². The van der Waals surface area contributed by atoms with Crippen LogP contribution in [0.5, 0.6) is 0 Å². The predicted molar refractivity (Wildman–Crippen MR) is 174 cm³/mol. The largest absolute Gasteiger partial charge is 0.286 e. The van der Waals surface area contributed by atoms with Crippen LogP contribution in [-0.2, 0) is 5.41 Å². The topological polar surface area (TPSA) is 8.81 Å². The Morgan fingerprint density at radius 3 is 1.29 bits per heavy atom. The average molecular weight is 548 g/mol. The lowest BCUT2D eigenvalue weighted by atomic mass is 9.68. The summed E-state index contributed by atoms with van der Waals surface area (Å²) in [5.74, 6) is 1.18. The number of aromatic nitrogens is 2. The van der Waals surface area contributed by atoms with Gasteiger partial charge < -0.3 is 0 Å². The molecule has 6 aromatic rings. The number of hydrogen-bond acceptors (Lipinski definition) is 0. The molecule has 0 aliphatic heterocycles. The Morgan fingerprint density at radius 1 is 0.500 bits per heavy atom. The fourth-order valence-electron chi connectivity index (χ4n) is 7.17. The molecule has 0 bridgehead atoms. The van der Waals surface area contributed by atoms with E-state index in [0.29, 0.717) is 0 Å². The van der Waals surface area contributed by atoms with Gasteiger partial charge >= 0.3 is 0 Å². The van der Waals surface area contributed by atoms with Crippen molar-refractivity contribution in [3.8, 4) is 11.4 Å².